The topological polar surface area (TPSA) is 39.1 Å². The summed E-state index contributed by atoms with van der Waals surface area (Å²) in [5.74, 6) is 0. The Hall–Kier alpha value is -0.590. The average molecular weight is 267 g/mol. The van der Waals surface area contributed by atoms with E-state index in [4.69, 9.17) is 0 Å². The second-order valence-electron chi connectivity index (χ2n) is 6.04. The molecule has 0 rings (SSSR count). The standard InChI is InChI=1S/C16H33N3/c1-6-8-11-19(12-9-7-2)13-10-16(5,14-17)18-15(3)4/h15,18H,6-13H2,1-5H3. The van der Waals surface area contributed by atoms with Gasteiger partial charge < -0.3 is 4.90 Å². The largest absolute Gasteiger partial charge is 0.303 e. The van der Waals surface area contributed by atoms with E-state index in [2.05, 4.69) is 44.0 Å². The minimum absolute atomic E-state index is 0.351. The predicted octanol–water partition coefficient (Wildman–Crippen LogP) is 3.56. The van der Waals surface area contributed by atoms with Gasteiger partial charge in [-0.25, -0.2) is 0 Å². The first-order chi connectivity index (χ1) is 8.97. The van der Waals surface area contributed by atoms with Crippen LogP contribution in [0.5, 0.6) is 0 Å². The van der Waals surface area contributed by atoms with Crippen LogP contribution in [0.1, 0.15) is 66.7 Å². The van der Waals surface area contributed by atoms with E-state index >= 15 is 0 Å². The lowest BCUT2D eigenvalue weighted by Gasteiger charge is -2.30. The number of hydrogen-bond donors (Lipinski definition) is 1. The highest BCUT2D eigenvalue weighted by Crippen LogP contribution is 2.12. The quantitative estimate of drug-likeness (QED) is 0.622. The molecule has 0 saturated carbocycles. The van der Waals surface area contributed by atoms with Crippen LogP contribution in [0.3, 0.4) is 0 Å². The third-order valence-corrected chi connectivity index (χ3v) is 3.44. The molecule has 0 heterocycles. The van der Waals surface area contributed by atoms with E-state index in [-0.39, 0.29) is 0 Å². The van der Waals surface area contributed by atoms with Crippen molar-refractivity contribution in [2.24, 2.45) is 0 Å². The van der Waals surface area contributed by atoms with Crippen molar-refractivity contribution < 1.29 is 0 Å². The highest BCUT2D eigenvalue weighted by atomic mass is 15.1. The molecule has 1 unspecified atom stereocenters. The molecule has 112 valence electrons. The Morgan fingerprint density at radius 1 is 1.11 bits per heavy atom. The predicted molar refractivity (Wildman–Crippen MR) is 83.2 cm³/mol. The van der Waals surface area contributed by atoms with Gasteiger partial charge in [0.2, 0.25) is 0 Å². The van der Waals surface area contributed by atoms with Crippen LogP contribution in [-0.4, -0.2) is 36.1 Å². The molecule has 0 amide bonds. The molecule has 0 aliphatic rings. The third kappa shape index (κ3) is 9.02. The van der Waals surface area contributed by atoms with Gasteiger partial charge in [-0.2, -0.15) is 5.26 Å². The van der Waals surface area contributed by atoms with Gasteiger partial charge in [-0.1, -0.05) is 26.7 Å². The first kappa shape index (κ1) is 18.4. The molecule has 0 aliphatic carbocycles. The molecule has 0 aromatic heterocycles. The van der Waals surface area contributed by atoms with Crippen molar-refractivity contribution in [3.8, 4) is 6.07 Å². The van der Waals surface area contributed by atoms with E-state index in [0.717, 1.165) is 13.0 Å². The number of hydrogen-bond acceptors (Lipinski definition) is 3. The number of nitrogens with one attached hydrogen (secondary N) is 1. The van der Waals surface area contributed by atoms with E-state index in [0.29, 0.717) is 6.04 Å². The summed E-state index contributed by atoms with van der Waals surface area (Å²) in [6.45, 7) is 14.0. The molecule has 0 aliphatic heterocycles. The van der Waals surface area contributed by atoms with Gasteiger partial charge in [-0.05, 0) is 53.1 Å². The minimum Gasteiger partial charge on any atom is -0.303 e. The van der Waals surface area contributed by atoms with Crippen LogP contribution in [0.25, 0.3) is 0 Å². The Kier molecular flexibility index (Phi) is 9.91. The SMILES string of the molecule is CCCCN(CCCC)CCC(C)(C#N)NC(C)C. The van der Waals surface area contributed by atoms with Gasteiger partial charge >= 0.3 is 0 Å². The summed E-state index contributed by atoms with van der Waals surface area (Å²) in [6.07, 6.45) is 5.88. The second kappa shape index (κ2) is 10.2. The number of nitriles is 1. The third-order valence-electron chi connectivity index (χ3n) is 3.44. The summed E-state index contributed by atoms with van der Waals surface area (Å²) in [6, 6.07) is 2.79. The molecule has 0 aromatic rings. The van der Waals surface area contributed by atoms with Crippen LogP contribution in [0.15, 0.2) is 0 Å². The highest BCUT2D eigenvalue weighted by molar-refractivity contribution is 5.04. The Morgan fingerprint density at radius 2 is 1.63 bits per heavy atom. The summed E-state index contributed by atoms with van der Waals surface area (Å²) in [4.78, 5) is 2.52. The molecule has 0 bridgehead atoms. The van der Waals surface area contributed by atoms with Crippen molar-refractivity contribution in [1.29, 1.82) is 5.26 Å². The first-order valence-electron chi connectivity index (χ1n) is 7.88. The maximum atomic E-state index is 9.37. The van der Waals surface area contributed by atoms with Crippen LogP contribution in [0.4, 0.5) is 0 Å². The highest BCUT2D eigenvalue weighted by Gasteiger charge is 2.24. The van der Waals surface area contributed by atoms with Gasteiger partial charge in [-0.15, -0.1) is 0 Å². The lowest BCUT2D eigenvalue weighted by atomic mass is 9.98. The lowest BCUT2D eigenvalue weighted by Crippen LogP contribution is -2.47. The number of unbranched alkanes of at least 4 members (excludes halogenated alkanes) is 2. The minimum atomic E-state index is -0.398. The van der Waals surface area contributed by atoms with Crippen LogP contribution < -0.4 is 5.32 Å². The Labute approximate surface area is 120 Å². The molecule has 1 N–H and O–H groups in total. The Balaban J connectivity index is 4.28. The lowest BCUT2D eigenvalue weighted by molar-refractivity contribution is 0.234. The normalized spacial score (nSPS) is 14.6. The number of rotatable bonds is 11. The fourth-order valence-electron chi connectivity index (χ4n) is 2.28. The fraction of sp³-hybridized carbons (Fsp3) is 0.938. The van der Waals surface area contributed by atoms with Crippen LogP contribution in [0, 0.1) is 11.3 Å². The van der Waals surface area contributed by atoms with Gasteiger partial charge in [0, 0.05) is 12.6 Å². The molecule has 0 radical (unpaired) electrons. The van der Waals surface area contributed by atoms with Crippen molar-refractivity contribution in [1.82, 2.24) is 10.2 Å². The fourth-order valence-corrected chi connectivity index (χ4v) is 2.28. The zero-order valence-electron chi connectivity index (χ0n) is 13.6. The molecule has 1 atom stereocenters. The van der Waals surface area contributed by atoms with Crippen LogP contribution >= 0.6 is 0 Å². The molecule has 19 heavy (non-hydrogen) atoms. The maximum absolute atomic E-state index is 9.37. The van der Waals surface area contributed by atoms with Gasteiger partial charge in [0.05, 0.1) is 6.07 Å². The number of nitrogens with zero attached hydrogens (tertiary/aromatic N) is 2. The Bertz CT molecular complexity index is 249. The van der Waals surface area contributed by atoms with Crippen molar-refractivity contribution in [3.05, 3.63) is 0 Å². The summed E-state index contributed by atoms with van der Waals surface area (Å²) < 4.78 is 0. The van der Waals surface area contributed by atoms with E-state index in [9.17, 15) is 5.26 Å². The molecule has 0 spiro atoms. The molecular weight excluding hydrogens is 234 g/mol. The van der Waals surface area contributed by atoms with E-state index < -0.39 is 5.54 Å². The molecule has 0 saturated heterocycles. The van der Waals surface area contributed by atoms with E-state index in [1.54, 1.807) is 0 Å². The van der Waals surface area contributed by atoms with Gasteiger partial charge in [0.1, 0.15) is 5.54 Å². The Morgan fingerprint density at radius 3 is 2.00 bits per heavy atom. The molecule has 0 fully saturated rings. The van der Waals surface area contributed by atoms with E-state index in [1.807, 2.05) is 6.92 Å². The molecule has 3 heteroatoms. The zero-order valence-corrected chi connectivity index (χ0v) is 13.6. The monoisotopic (exact) mass is 267 g/mol. The van der Waals surface area contributed by atoms with Gasteiger partial charge in [0.25, 0.3) is 0 Å². The molecular formula is C16H33N3. The van der Waals surface area contributed by atoms with Crippen molar-refractivity contribution in [3.63, 3.8) is 0 Å². The van der Waals surface area contributed by atoms with Gasteiger partial charge in [0.15, 0.2) is 0 Å². The average Bonchev–Trinajstić information content (AvgIpc) is 2.37. The first-order valence-corrected chi connectivity index (χ1v) is 7.88. The summed E-state index contributed by atoms with van der Waals surface area (Å²) in [5.41, 5.74) is -0.398. The second-order valence-corrected chi connectivity index (χ2v) is 6.04. The molecule has 3 nitrogen and oxygen atoms in total. The summed E-state index contributed by atoms with van der Waals surface area (Å²) in [5, 5.41) is 12.8. The van der Waals surface area contributed by atoms with Crippen LogP contribution in [-0.2, 0) is 0 Å². The van der Waals surface area contributed by atoms with Gasteiger partial charge in [-0.3, -0.25) is 5.32 Å². The van der Waals surface area contributed by atoms with E-state index in [1.165, 1.54) is 38.8 Å². The smallest absolute Gasteiger partial charge is 0.105 e. The van der Waals surface area contributed by atoms with Crippen molar-refractivity contribution >= 4 is 0 Å². The van der Waals surface area contributed by atoms with Crippen molar-refractivity contribution in [2.45, 2.75) is 78.3 Å². The summed E-state index contributed by atoms with van der Waals surface area (Å²) >= 11 is 0. The summed E-state index contributed by atoms with van der Waals surface area (Å²) in [7, 11) is 0. The maximum Gasteiger partial charge on any atom is 0.105 e. The van der Waals surface area contributed by atoms with Crippen LogP contribution in [0.2, 0.25) is 0 Å². The zero-order chi connectivity index (χ0) is 14.7. The molecule has 0 aromatic carbocycles. The van der Waals surface area contributed by atoms with Crippen molar-refractivity contribution in [2.75, 3.05) is 19.6 Å².